The first-order valence-corrected chi connectivity index (χ1v) is 11.4. The van der Waals surface area contributed by atoms with E-state index in [0.29, 0.717) is 48.5 Å². The van der Waals surface area contributed by atoms with Crippen molar-refractivity contribution >= 4 is 11.4 Å². The molecule has 0 bridgehead atoms. The Hall–Kier alpha value is -3.24. The summed E-state index contributed by atoms with van der Waals surface area (Å²) in [4.78, 5) is 24.1. The van der Waals surface area contributed by atoms with Gasteiger partial charge in [-0.15, -0.1) is 0 Å². The first-order valence-electron chi connectivity index (χ1n) is 11.4. The van der Waals surface area contributed by atoms with E-state index >= 15 is 0 Å². The molecule has 0 atom stereocenters. The third kappa shape index (κ3) is 6.42. The van der Waals surface area contributed by atoms with Crippen LogP contribution in [0.2, 0.25) is 0 Å². The second-order valence-corrected chi connectivity index (χ2v) is 8.81. The number of nitro groups is 2. The SMILES string of the molecule is COc1cc(CN(Cc2ccc([N+](=O)[O-])cc2)CC2CCC(CN)CC2)c([N+](=O)[O-])cc1OC. The second-order valence-electron chi connectivity index (χ2n) is 8.81. The lowest BCUT2D eigenvalue weighted by atomic mass is 9.82. The van der Waals surface area contributed by atoms with Crippen molar-refractivity contribution in [3.8, 4) is 11.5 Å². The van der Waals surface area contributed by atoms with Crippen LogP contribution < -0.4 is 15.2 Å². The van der Waals surface area contributed by atoms with Crippen molar-refractivity contribution in [3.05, 3.63) is 67.8 Å². The molecule has 1 fully saturated rings. The summed E-state index contributed by atoms with van der Waals surface area (Å²) < 4.78 is 10.6. The standard InChI is InChI=1S/C24H32N4O6/c1-33-23-11-20(22(28(31)32)12-24(23)34-2)16-26(14-18-5-3-17(13-25)4-6-18)15-19-7-9-21(10-8-19)27(29)30/h7-12,17-18H,3-6,13-16,25H2,1-2H3. The van der Waals surface area contributed by atoms with Gasteiger partial charge in [0.1, 0.15) is 0 Å². The van der Waals surface area contributed by atoms with Crippen molar-refractivity contribution < 1.29 is 19.3 Å². The van der Waals surface area contributed by atoms with E-state index in [9.17, 15) is 20.2 Å². The molecule has 1 aliphatic carbocycles. The smallest absolute Gasteiger partial charge is 0.277 e. The minimum atomic E-state index is -0.426. The van der Waals surface area contributed by atoms with E-state index in [0.717, 1.165) is 37.8 Å². The highest BCUT2D eigenvalue weighted by atomic mass is 16.6. The number of rotatable bonds is 11. The van der Waals surface area contributed by atoms with Gasteiger partial charge >= 0.3 is 0 Å². The van der Waals surface area contributed by atoms with Crippen LogP contribution >= 0.6 is 0 Å². The zero-order valence-electron chi connectivity index (χ0n) is 19.6. The lowest BCUT2D eigenvalue weighted by Gasteiger charge is -2.32. The predicted molar refractivity (Wildman–Crippen MR) is 128 cm³/mol. The van der Waals surface area contributed by atoms with Gasteiger partial charge in [0.25, 0.3) is 11.4 Å². The fourth-order valence-electron chi connectivity index (χ4n) is 4.63. The average molecular weight is 473 g/mol. The topological polar surface area (TPSA) is 134 Å². The van der Waals surface area contributed by atoms with Gasteiger partial charge in [0.15, 0.2) is 11.5 Å². The Morgan fingerprint density at radius 1 is 0.912 bits per heavy atom. The Balaban J connectivity index is 1.87. The van der Waals surface area contributed by atoms with Crippen molar-refractivity contribution in [1.29, 1.82) is 0 Å². The molecule has 10 nitrogen and oxygen atoms in total. The highest BCUT2D eigenvalue weighted by molar-refractivity contribution is 5.54. The molecule has 34 heavy (non-hydrogen) atoms. The van der Waals surface area contributed by atoms with E-state index in [1.807, 2.05) is 0 Å². The molecule has 0 amide bonds. The number of nitrogens with zero attached hydrogens (tertiary/aromatic N) is 3. The van der Waals surface area contributed by atoms with Crippen LogP contribution in [0.3, 0.4) is 0 Å². The maximum atomic E-state index is 11.8. The van der Waals surface area contributed by atoms with Crippen LogP contribution in [-0.4, -0.2) is 42.1 Å². The third-order valence-electron chi connectivity index (χ3n) is 6.54. The molecule has 0 unspecified atom stereocenters. The summed E-state index contributed by atoms with van der Waals surface area (Å²) in [6, 6.07) is 9.49. The average Bonchev–Trinajstić information content (AvgIpc) is 2.84. The summed E-state index contributed by atoms with van der Waals surface area (Å²) in [5.41, 5.74) is 7.28. The number of ether oxygens (including phenoxy) is 2. The molecule has 10 heteroatoms. The number of hydrogen-bond donors (Lipinski definition) is 1. The molecule has 1 aliphatic rings. The van der Waals surface area contributed by atoms with Gasteiger partial charge in [0.2, 0.25) is 0 Å². The van der Waals surface area contributed by atoms with E-state index < -0.39 is 9.85 Å². The van der Waals surface area contributed by atoms with E-state index in [2.05, 4.69) is 4.90 Å². The number of hydrogen-bond acceptors (Lipinski definition) is 8. The molecule has 0 aromatic heterocycles. The Morgan fingerprint density at radius 2 is 1.50 bits per heavy atom. The highest BCUT2D eigenvalue weighted by Gasteiger charge is 2.25. The number of non-ortho nitro benzene ring substituents is 1. The van der Waals surface area contributed by atoms with Crippen LogP contribution in [0.5, 0.6) is 11.5 Å². The summed E-state index contributed by atoms with van der Waals surface area (Å²) in [5, 5.41) is 22.8. The number of benzene rings is 2. The third-order valence-corrected chi connectivity index (χ3v) is 6.54. The second kappa shape index (κ2) is 11.8. The Kier molecular flexibility index (Phi) is 8.78. The minimum Gasteiger partial charge on any atom is -0.493 e. The maximum Gasteiger partial charge on any atom is 0.277 e. The van der Waals surface area contributed by atoms with Crippen molar-refractivity contribution in [2.75, 3.05) is 27.3 Å². The van der Waals surface area contributed by atoms with E-state index in [4.69, 9.17) is 15.2 Å². The molecule has 0 heterocycles. The predicted octanol–water partition coefficient (Wildman–Crippen LogP) is 4.29. The van der Waals surface area contributed by atoms with Crippen molar-refractivity contribution in [1.82, 2.24) is 4.90 Å². The fraction of sp³-hybridized carbons (Fsp3) is 0.500. The van der Waals surface area contributed by atoms with Gasteiger partial charge in [-0.05, 0) is 55.7 Å². The quantitative estimate of drug-likeness (QED) is 0.378. The molecule has 0 aliphatic heterocycles. The summed E-state index contributed by atoms with van der Waals surface area (Å²) >= 11 is 0. The van der Waals surface area contributed by atoms with Crippen LogP contribution in [0.1, 0.15) is 36.8 Å². The highest BCUT2D eigenvalue weighted by Crippen LogP contribution is 2.36. The lowest BCUT2D eigenvalue weighted by molar-refractivity contribution is -0.385. The lowest BCUT2D eigenvalue weighted by Crippen LogP contribution is -2.32. The molecule has 0 spiro atoms. The van der Waals surface area contributed by atoms with E-state index in [1.165, 1.54) is 32.4 Å². The van der Waals surface area contributed by atoms with Crippen molar-refractivity contribution in [3.63, 3.8) is 0 Å². The fourth-order valence-corrected chi connectivity index (χ4v) is 4.63. The van der Waals surface area contributed by atoms with Gasteiger partial charge < -0.3 is 15.2 Å². The van der Waals surface area contributed by atoms with Gasteiger partial charge in [0, 0.05) is 37.3 Å². The van der Waals surface area contributed by atoms with Crippen LogP contribution in [0.4, 0.5) is 11.4 Å². The van der Waals surface area contributed by atoms with Crippen molar-refractivity contribution in [2.45, 2.75) is 38.8 Å². The minimum absolute atomic E-state index is 0.0295. The summed E-state index contributed by atoms with van der Waals surface area (Å²) in [6.07, 6.45) is 4.30. The normalized spacial score (nSPS) is 18.0. The zero-order valence-corrected chi connectivity index (χ0v) is 19.6. The molecular weight excluding hydrogens is 440 g/mol. The monoisotopic (exact) mass is 472 g/mol. The van der Waals surface area contributed by atoms with Crippen LogP contribution in [0, 0.1) is 32.1 Å². The molecule has 1 saturated carbocycles. The van der Waals surface area contributed by atoms with Crippen molar-refractivity contribution in [2.24, 2.45) is 17.6 Å². The Bertz CT molecular complexity index is 990. The molecule has 184 valence electrons. The molecule has 0 radical (unpaired) electrons. The molecule has 2 aromatic carbocycles. The Morgan fingerprint density at radius 3 is 2.03 bits per heavy atom. The van der Waals surface area contributed by atoms with Gasteiger partial charge in [-0.1, -0.05) is 12.1 Å². The van der Waals surface area contributed by atoms with Gasteiger partial charge in [-0.25, -0.2) is 0 Å². The molecular formula is C24H32N4O6. The largest absolute Gasteiger partial charge is 0.493 e. The van der Waals surface area contributed by atoms with E-state index in [1.54, 1.807) is 18.2 Å². The van der Waals surface area contributed by atoms with Crippen LogP contribution in [0.15, 0.2) is 36.4 Å². The summed E-state index contributed by atoms with van der Waals surface area (Å²) in [6.45, 7) is 2.32. The first kappa shape index (κ1) is 25.4. The number of nitro benzene ring substituents is 2. The maximum absolute atomic E-state index is 11.8. The Labute approximate surface area is 198 Å². The first-order chi connectivity index (χ1) is 16.3. The van der Waals surface area contributed by atoms with Gasteiger partial charge in [-0.3, -0.25) is 25.1 Å². The molecule has 3 rings (SSSR count). The summed E-state index contributed by atoms with van der Waals surface area (Å²) in [5.74, 6) is 1.76. The zero-order chi connectivity index (χ0) is 24.7. The molecule has 0 saturated heterocycles. The van der Waals surface area contributed by atoms with Gasteiger partial charge in [0.05, 0.1) is 30.1 Å². The van der Waals surface area contributed by atoms with Crippen LogP contribution in [-0.2, 0) is 13.1 Å². The summed E-state index contributed by atoms with van der Waals surface area (Å²) in [7, 11) is 2.94. The van der Waals surface area contributed by atoms with E-state index in [-0.39, 0.29) is 11.4 Å². The number of methoxy groups -OCH3 is 2. The number of nitrogens with two attached hydrogens (primary N) is 1. The van der Waals surface area contributed by atoms with Gasteiger partial charge in [-0.2, -0.15) is 0 Å². The molecule has 2 N–H and O–H groups in total. The van der Waals surface area contributed by atoms with Crippen LogP contribution in [0.25, 0.3) is 0 Å². The molecule has 2 aromatic rings.